The number of rotatable bonds is 5. The van der Waals surface area contributed by atoms with E-state index in [9.17, 15) is 4.79 Å². The second kappa shape index (κ2) is 6.69. The predicted octanol–water partition coefficient (Wildman–Crippen LogP) is 2.80. The lowest BCUT2D eigenvalue weighted by molar-refractivity contribution is -0.112. The van der Waals surface area contributed by atoms with Crippen molar-refractivity contribution in [1.82, 2.24) is 20.4 Å². The number of likely N-dealkylation sites (tertiary alicyclic amines) is 1. The number of hydrogen-bond acceptors (Lipinski definition) is 3. The van der Waals surface area contributed by atoms with Gasteiger partial charge in [0.15, 0.2) is 0 Å². The van der Waals surface area contributed by atoms with Crippen molar-refractivity contribution in [3.63, 3.8) is 0 Å². The molecule has 0 aliphatic carbocycles. The molecule has 0 radical (unpaired) electrons. The van der Waals surface area contributed by atoms with Gasteiger partial charge in [0.05, 0.1) is 17.3 Å². The summed E-state index contributed by atoms with van der Waals surface area (Å²) in [6.45, 7) is 2.87. The smallest absolute Gasteiger partial charge is 0.207 e. The second-order valence-corrected chi connectivity index (χ2v) is 6.78. The van der Waals surface area contributed by atoms with E-state index >= 15 is 0 Å². The molecule has 3 aromatic rings. The highest BCUT2D eigenvalue weighted by molar-refractivity contribution is 5.79. The van der Waals surface area contributed by atoms with Crippen molar-refractivity contribution in [2.75, 3.05) is 13.1 Å². The summed E-state index contributed by atoms with van der Waals surface area (Å²) in [5, 5.41) is 11.3. The van der Waals surface area contributed by atoms with Crippen LogP contribution in [0.15, 0.2) is 54.7 Å². The summed E-state index contributed by atoms with van der Waals surface area (Å²) in [6, 6.07) is 16.8. The van der Waals surface area contributed by atoms with Crippen LogP contribution < -0.4 is 5.32 Å². The highest BCUT2D eigenvalue weighted by Gasteiger charge is 2.36. The lowest BCUT2D eigenvalue weighted by atomic mass is 9.80. The molecule has 1 aromatic heterocycles. The van der Waals surface area contributed by atoms with Crippen molar-refractivity contribution in [2.45, 2.75) is 24.9 Å². The number of nitrogens with one attached hydrogen (secondary N) is 2. The lowest BCUT2D eigenvalue weighted by Crippen LogP contribution is -2.50. The number of carbonyl (C=O) groups excluding carboxylic acids is 1. The third-order valence-electron chi connectivity index (χ3n) is 5.29. The molecule has 4 rings (SSSR count). The van der Waals surface area contributed by atoms with Gasteiger partial charge < -0.3 is 5.32 Å². The summed E-state index contributed by atoms with van der Waals surface area (Å²) in [4.78, 5) is 13.7. The molecule has 1 amide bonds. The maximum atomic E-state index is 11.3. The number of amides is 1. The Labute approximate surface area is 147 Å². The van der Waals surface area contributed by atoms with Gasteiger partial charge in [-0.05, 0) is 36.1 Å². The number of aromatic amines is 1. The number of carbonyl (C=O) groups is 1. The normalized spacial score (nSPS) is 17.4. The Morgan fingerprint density at radius 1 is 1.16 bits per heavy atom. The summed E-state index contributed by atoms with van der Waals surface area (Å²) >= 11 is 0. The molecule has 0 saturated carbocycles. The molecule has 25 heavy (non-hydrogen) atoms. The number of piperidine rings is 1. The summed E-state index contributed by atoms with van der Waals surface area (Å²) < 4.78 is 0. The van der Waals surface area contributed by atoms with Gasteiger partial charge in [0.2, 0.25) is 6.41 Å². The monoisotopic (exact) mass is 334 g/mol. The van der Waals surface area contributed by atoms with Crippen LogP contribution in [0.25, 0.3) is 10.9 Å². The van der Waals surface area contributed by atoms with Crippen molar-refractivity contribution >= 4 is 17.3 Å². The van der Waals surface area contributed by atoms with Gasteiger partial charge in [-0.25, -0.2) is 0 Å². The average Bonchev–Trinajstić information content (AvgIpc) is 3.12. The Balaban J connectivity index is 1.53. The minimum atomic E-state index is -0.291. The maximum Gasteiger partial charge on any atom is 0.207 e. The van der Waals surface area contributed by atoms with E-state index < -0.39 is 0 Å². The summed E-state index contributed by atoms with van der Waals surface area (Å²) in [5.41, 5.74) is 3.22. The van der Waals surface area contributed by atoms with Gasteiger partial charge in [-0.3, -0.25) is 14.8 Å². The molecule has 2 N–H and O–H groups in total. The third-order valence-corrected chi connectivity index (χ3v) is 5.29. The zero-order valence-electron chi connectivity index (χ0n) is 14.1. The van der Waals surface area contributed by atoms with E-state index in [0.717, 1.165) is 55.4 Å². The van der Waals surface area contributed by atoms with Gasteiger partial charge in [-0.2, -0.15) is 5.10 Å². The Hall–Kier alpha value is -2.66. The van der Waals surface area contributed by atoms with E-state index in [4.69, 9.17) is 0 Å². The van der Waals surface area contributed by atoms with Crippen LogP contribution >= 0.6 is 0 Å². The number of benzene rings is 2. The molecular formula is C20H22N4O. The molecule has 1 saturated heterocycles. The fourth-order valence-electron chi connectivity index (χ4n) is 3.80. The van der Waals surface area contributed by atoms with Crippen molar-refractivity contribution in [3.05, 3.63) is 65.9 Å². The standard InChI is InChI=1S/C20H22N4O/c25-15-21-20(18-6-7-19-17(12-18)13-22-23-19)8-10-24(11-9-20)14-16-4-2-1-3-5-16/h1-7,12-13,15H,8-11,14H2,(H,21,25)(H,22,23). The Morgan fingerprint density at radius 3 is 2.72 bits per heavy atom. The van der Waals surface area contributed by atoms with Crippen molar-refractivity contribution in [2.24, 2.45) is 0 Å². The van der Waals surface area contributed by atoms with Crippen LogP contribution in [0, 0.1) is 0 Å². The van der Waals surface area contributed by atoms with E-state index in [2.05, 4.69) is 56.8 Å². The largest absolute Gasteiger partial charge is 0.349 e. The van der Waals surface area contributed by atoms with Crippen LogP contribution in [0.5, 0.6) is 0 Å². The van der Waals surface area contributed by atoms with Crippen molar-refractivity contribution in [3.8, 4) is 0 Å². The molecule has 0 atom stereocenters. The molecule has 2 aromatic carbocycles. The first kappa shape index (κ1) is 15.8. The van der Waals surface area contributed by atoms with E-state index in [-0.39, 0.29) is 5.54 Å². The molecule has 5 nitrogen and oxygen atoms in total. The Kier molecular flexibility index (Phi) is 4.24. The minimum absolute atomic E-state index is 0.291. The van der Waals surface area contributed by atoms with Gasteiger partial charge in [0, 0.05) is 25.0 Å². The van der Waals surface area contributed by atoms with Crippen LogP contribution in [0.1, 0.15) is 24.0 Å². The first-order valence-electron chi connectivity index (χ1n) is 8.70. The number of H-pyrrole nitrogens is 1. The molecule has 0 spiro atoms. The first-order valence-corrected chi connectivity index (χ1v) is 8.70. The van der Waals surface area contributed by atoms with E-state index in [1.807, 2.05) is 18.3 Å². The molecule has 1 aliphatic rings. The number of aromatic nitrogens is 2. The minimum Gasteiger partial charge on any atom is -0.349 e. The van der Waals surface area contributed by atoms with Gasteiger partial charge in [0.25, 0.3) is 0 Å². The van der Waals surface area contributed by atoms with Gasteiger partial charge >= 0.3 is 0 Å². The quantitative estimate of drug-likeness (QED) is 0.705. The molecule has 1 aliphatic heterocycles. The van der Waals surface area contributed by atoms with E-state index in [1.54, 1.807) is 0 Å². The van der Waals surface area contributed by atoms with Crippen LogP contribution in [0.2, 0.25) is 0 Å². The average molecular weight is 334 g/mol. The Morgan fingerprint density at radius 2 is 1.96 bits per heavy atom. The highest BCUT2D eigenvalue weighted by Crippen LogP contribution is 2.34. The second-order valence-electron chi connectivity index (χ2n) is 6.78. The SMILES string of the molecule is O=CNC1(c2ccc3[nH]ncc3c2)CCN(Cc2ccccc2)CC1. The third kappa shape index (κ3) is 3.15. The van der Waals surface area contributed by atoms with Crippen molar-refractivity contribution < 1.29 is 4.79 Å². The molecule has 0 unspecified atom stereocenters. The fraction of sp³-hybridized carbons (Fsp3) is 0.300. The number of fused-ring (bicyclic) bond motifs is 1. The predicted molar refractivity (Wildman–Crippen MR) is 97.9 cm³/mol. The van der Waals surface area contributed by atoms with Crippen LogP contribution in [-0.4, -0.2) is 34.6 Å². The molecular weight excluding hydrogens is 312 g/mol. The van der Waals surface area contributed by atoms with Crippen molar-refractivity contribution in [1.29, 1.82) is 0 Å². The molecule has 5 heteroatoms. The van der Waals surface area contributed by atoms with Crippen LogP contribution in [0.4, 0.5) is 0 Å². The van der Waals surface area contributed by atoms with E-state index in [0.29, 0.717) is 0 Å². The zero-order valence-corrected chi connectivity index (χ0v) is 14.1. The zero-order chi connectivity index (χ0) is 17.1. The summed E-state index contributed by atoms with van der Waals surface area (Å²) in [5.74, 6) is 0. The topological polar surface area (TPSA) is 61.0 Å². The fourth-order valence-corrected chi connectivity index (χ4v) is 3.80. The summed E-state index contributed by atoms with van der Waals surface area (Å²) in [6.07, 6.45) is 4.48. The number of nitrogens with zero attached hydrogens (tertiary/aromatic N) is 2. The summed E-state index contributed by atoms with van der Waals surface area (Å²) in [7, 11) is 0. The van der Waals surface area contributed by atoms with Crippen LogP contribution in [0.3, 0.4) is 0 Å². The van der Waals surface area contributed by atoms with Crippen LogP contribution in [-0.2, 0) is 16.9 Å². The Bertz CT molecular complexity index is 850. The number of hydrogen-bond donors (Lipinski definition) is 2. The highest BCUT2D eigenvalue weighted by atomic mass is 16.1. The molecule has 0 bridgehead atoms. The lowest BCUT2D eigenvalue weighted by Gasteiger charge is -2.42. The molecule has 1 fully saturated rings. The van der Waals surface area contributed by atoms with Gasteiger partial charge in [-0.15, -0.1) is 0 Å². The first-order chi connectivity index (χ1) is 12.3. The molecule has 2 heterocycles. The maximum absolute atomic E-state index is 11.3. The van der Waals surface area contributed by atoms with Gasteiger partial charge in [0.1, 0.15) is 0 Å². The van der Waals surface area contributed by atoms with E-state index in [1.165, 1.54) is 5.56 Å². The van der Waals surface area contributed by atoms with Gasteiger partial charge in [-0.1, -0.05) is 36.4 Å². The molecule has 128 valence electrons.